The Labute approximate surface area is 118 Å². The van der Waals surface area contributed by atoms with Gasteiger partial charge in [-0.05, 0) is 30.2 Å². The van der Waals surface area contributed by atoms with Crippen molar-refractivity contribution in [1.29, 1.82) is 0 Å². The van der Waals surface area contributed by atoms with Gasteiger partial charge in [-0.3, -0.25) is 4.79 Å². The van der Waals surface area contributed by atoms with E-state index in [1.165, 1.54) is 6.33 Å². The lowest BCUT2D eigenvalue weighted by atomic mass is 10.1. The summed E-state index contributed by atoms with van der Waals surface area (Å²) >= 11 is 0. The minimum atomic E-state index is -0.00743. The lowest BCUT2D eigenvalue weighted by Gasteiger charge is -2.09. The van der Waals surface area contributed by atoms with Crippen LogP contribution in [0, 0.1) is 5.92 Å². The van der Waals surface area contributed by atoms with Crippen molar-refractivity contribution in [1.82, 2.24) is 14.8 Å². The number of nitrogens with zero attached hydrogens (tertiary/aromatic N) is 3. The second-order valence-electron chi connectivity index (χ2n) is 4.88. The van der Waals surface area contributed by atoms with Gasteiger partial charge in [0.15, 0.2) is 0 Å². The van der Waals surface area contributed by atoms with Gasteiger partial charge in [0.25, 0.3) is 0 Å². The maximum absolute atomic E-state index is 11.7. The van der Waals surface area contributed by atoms with E-state index in [0.29, 0.717) is 19.5 Å². The molecular formula is C14H19N5O. The van der Waals surface area contributed by atoms with Gasteiger partial charge in [0, 0.05) is 12.1 Å². The molecule has 0 saturated heterocycles. The summed E-state index contributed by atoms with van der Waals surface area (Å²) in [6.07, 6.45) is 3.62. The van der Waals surface area contributed by atoms with Gasteiger partial charge in [-0.1, -0.05) is 19.1 Å². The molecule has 1 amide bonds. The Balaban J connectivity index is 1.89. The molecule has 1 aromatic carbocycles. The molecule has 6 nitrogen and oxygen atoms in total. The summed E-state index contributed by atoms with van der Waals surface area (Å²) in [5.74, 6) is 0.188. The first-order chi connectivity index (χ1) is 9.67. The van der Waals surface area contributed by atoms with E-state index in [9.17, 15) is 4.79 Å². The summed E-state index contributed by atoms with van der Waals surface area (Å²) in [4.78, 5) is 15.6. The van der Waals surface area contributed by atoms with Crippen LogP contribution in [0.25, 0.3) is 0 Å². The number of hydrogen-bond acceptors (Lipinski definition) is 4. The van der Waals surface area contributed by atoms with Gasteiger partial charge >= 0.3 is 0 Å². The first-order valence-corrected chi connectivity index (χ1v) is 6.58. The monoisotopic (exact) mass is 273 g/mol. The Hall–Kier alpha value is -2.21. The van der Waals surface area contributed by atoms with Crippen LogP contribution in [0.5, 0.6) is 0 Å². The Kier molecular flexibility index (Phi) is 4.84. The number of rotatable bonds is 6. The van der Waals surface area contributed by atoms with Crippen molar-refractivity contribution in [2.45, 2.75) is 19.9 Å². The lowest BCUT2D eigenvalue weighted by molar-refractivity contribution is -0.116. The van der Waals surface area contributed by atoms with Gasteiger partial charge in [-0.25, -0.2) is 9.67 Å². The molecule has 0 spiro atoms. The number of nitrogens with one attached hydrogen (secondary N) is 1. The Morgan fingerprint density at radius 3 is 2.75 bits per heavy atom. The van der Waals surface area contributed by atoms with E-state index in [-0.39, 0.29) is 11.8 Å². The molecule has 1 heterocycles. The summed E-state index contributed by atoms with van der Waals surface area (Å²) < 4.78 is 1.75. The minimum absolute atomic E-state index is 0.00743. The number of aromatic nitrogens is 3. The van der Waals surface area contributed by atoms with E-state index < -0.39 is 0 Å². The van der Waals surface area contributed by atoms with Crippen LogP contribution in [0.15, 0.2) is 36.9 Å². The largest absolute Gasteiger partial charge is 0.330 e. The normalized spacial score (nSPS) is 12.1. The van der Waals surface area contributed by atoms with Crippen LogP contribution >= 0.6 is 0 Å². The Morgan fingerprint density at radius 2 is 2.15 bits per heavy atom. The van der Waals surface area contributed by atoms with E-state index in [2.05, 4.69) is 15.4 Å². The maximum Gasteiger partial charge on any atom is 0.224 e. The third-order valence-corrected chi connectivity index (χ3v) is 2.99. The fourth-order valence-electron chi connectivity index (χ4n) is 1.81. The highest BCUT2D eigenvalue weighted by Crippen LogP contribution is 2.11. The molecule has 0 saturated carbocycles. The van der Waals surface area contributed by atoms with E-state index in [4.69, 9.17) is 5.73 Å². The zero-order chi connectivity index (χ0) is 14.4. The van der Waals surface area contributed by atoms with Gasteiger partial charge in [0.05, 0.1) is 6.54 Å². The van der Waals surface area contributed by atoms with Gasteiger partial charge in [0.1, 0.15) is 12.7 Å². The summed E-state index contributed by atoms with van der Waals surface area (Å²) in [7, 11) is 0. The molecule has 0 bridgehead atoms. The van der Waals surface area contributed by atoms with Gasteiger partial charge in [-0.15, -0.1) is 0 Å². The molecule has 2 rings (SSSR count). The summed E-state index contributed by atoms with van der Waals surface area (Å²) in [5, 5.41) is 6.91. The zero-order valence-corrected chi connectivity index (χ0v) is 11.5. The number of benzene rings is 1. The molecule has 0 radical (unpaired) electrons. The molecule has 0 fully saturated rings. The van der Waals surface area contributed by atoms with Gasteiger partial charge in [0.2, 0.25) is 5.91 Å². The third-order valence-electron chi connectivity index (χ3n) is 2.99. The molecule has 106 valence electrons. The molecule has 1 unspecified atom stereocenters. The second kappa shape index (κ2) is 6.81. The second-order valence-corrected chi connectivity index (χ2v) is 4.88. The van der Waals surface area contributed by atoms with Crippen molar-refractivity contribution in [3.63, 3.8) is 0 Å². The predicted octanol–water partition coefficient (Wildman–Crippen LogP) is 1.25. The molecule has 0 aliphatic carbocycles. The topological polar surface area (TPSA) is 85.8 Å². The van der Waals surface area contributed by atoms with Gasteiger partial charge in [-0.2, -0.15) is 5.10 Å². The SMILES string of the molecule is CC(CN)CC(=O)Nc1ccc(Cn2cncn2)cc1. The van der Waals surface area contributed by atoms with Crippen molar-refractivity contribution in [3.8, 4) is 0 Å². The van der Waals surface area contributed by atoms with Crippen molar-refractivity contribution in [2.75, 3.05) is 11.9 Å². The predicted molar refractivity (Wildman–Crippen MR) is 77.0 cm³/mol. The fraction of sp³-hybridized carbons (Fsp3) is 0.357. The number of anilines is 1. The first-order valence-electron chi connectivity index (χ1n) is 6.58. The quantitative estimate of drug-likeness (QED) is 0.829. The molecule has 2 aromatic rings. The number of amides is 1. The number of hydrogen-bond donors (Lipinski definition) is 2. The zero-order valence-electron chi connectivity index (χ0n) is 11.5. The molecular weight excluding hydrogens is 254 g/mol. The minimum Gasteiger partial charge on any atom is -0.330 e. The van der Waals surface area contributed by atoms with Crippen molar-refractivity contribution in [3.05, 3.63) is 42.5 Å². The molecule has 0 aliphatic rings. The van der Waals surface area contributed by atoms with Crippen molar-refractivity contribution >= 4 is 11.6 Å². The van der Waals surface area contributed by atoms with E-state index in [1.807, 2.05) is 31.2 Å². The highest BCUT2D eigenvalue weighted by atomic mass is 16.1. The third kappa shape index (κ3) is 4.17. The van der Waals surface area contributed by atoms with Gasteiger partial charge < -0.3 is 11.1 Å². The molecule has 1 atom stereocenters. The van der Waals surface area contributed by atoms with Crippen LogP contribution in [0.4, 0.5) is 5.69 Å². The average Bonchev–Trinajstić information content (AvgIpc) is 2.93. The van der Waals surface area contributed by atoms with Crippen LogP contribution in [0.2, 0.25) is 0 Å². The molecule has 1 aromatic heterocycles. The summed E-state index contributed by atoms with van der Waals surface area (Å²) in [6.45, 7) is 3.14. The number of nitrogens with two attached hydrogens (primary N) is 1. The van der Waals surface area contributed by atoms with Crippen molar-refractivity contribution in [2.24, 2.45) is 11.7 Å². The summed E-state index contributed by atoms with van der Waals surface area (Å²) in [5.41, 5.74) is 7.40. The van der Waals surface area contributed by atoms with Crippen LogP contribution in [0.1, 0.15) is 18.9 Å². The Morgan fingerprint density at radius 1 is 1.40 bits per heavy atom. The van der Waals surface area contributed by atoms with Crippen LogP contribution in [0.3, 0.4) is 0 Å². The molecule has 6 heteroatoms. The fourth-order valence-corrected chi connectivity index (χ4v) is 1.81. The number of carbonyl (C=O) groups excluding carboxylic acids is 1. The number of carbonyl (C=O) groups is 1. The Bertz CT molecular complexity index is 535. The van der Waals surface area contributed by atoms with Crippen LogP contribution in [-0.2, 0) is 11.3 Å². The first kappa shape index (κ1) is 14.2. The van der Waals surface area contributed by atoms with E-state index in [1.54, 1.807) is 11.0 Å². The maximum atomic E-state index is 11.7. The van der Waals surface area contributed by atoms with Crippen molar-refractivity contribution < 1.29 is 4.79 Å². The average molecular weight is 273 g/mol. The molecule has 0 aliphatic heterocycles. The smallest absolute Gasteiger partial charge is 0.224 e. The van der Waals surface area contributed by atoms with E-state index in [0.717, 1.165) is 11.3 Å². The van der Waals surface area contributed by atoms with Crippen LogP contribution < -0.4 is 11.1 Å². The lowest BCUT2D eigenvalue weighted by Crippen LogP contribution is -2.20. The van der Waals surface area contributed by atoms with E-state index >= 15 is 0 Å². The highest BCUT2D eigenvalue weighted by Gasteiger charge is 2.07. The summed E-state index contributed by atoms with van der Waals surface area (Å²) in [6, 6.07) is 7.70. The molecule has 20 heavy (non-hydrogen) atoms. The standard InChI is InChI=1S/C14H19N5O/c1-11(7-15)6-14(20)18-13-4-2-12(3-5-13)8-19-10-16-9-17-19/h2-5,9-11H,6-8,15H2,1H3,(H,18,20). The van der Waals surface area contributed by atoms with Crippen LogP contribution in [-0.4, -0.2) is 27.2 Å². The highest BCUT2D eigenvalue weighted by molar-refractivity contribution is 5.90. The molecule has 3 N–H and O–H groups in total.